The highest BCUT2D eigenvalue weighted by molar-refractivity contribution is 7.85. The van der Waals surface area contributed by atoms with Crippen molar-refractivity contribution in [1.82, 2.24) is 0 Å². The van der Waals surface area contributed by atoms with E-state index in [9.17, 15) is 23.8 Å². The fraction of sp³-hybridized carbons (Fsp3) is 0.250. The maximum atomic E-state index is 11.0. The molecule has 0 fully saturated rings. The molecule has 2 aromatic rings. The van der Waals surface area contributed by atoms with Gasteiger partial charge in [-0.15, -0.1) is 10.2 Å². The zero-order valence-corrected chi connectivity index (χ0v) is 16.9. The van der Waals surface area contributed by atoms with Gasteiger partial charge >= 0.3 is 0 Å². The largest absolute Gasteiger partial charge is 0.373 e. The molecule has 1 aromatic carbocycles. The smallest absolute Gasteiger partial charge is 0.270 e. The van der Waals surface area contributed by atoms with Crippen molar-refractivity contribution in [3.63, 3.8) is 0 Å². The van der Waals surface area contributed by atoms with E-state index in [0.717, 1.165) is 23.7 Å². The predicted molar refractivity (Wildman–Crippen MR) is 105 cm³/mol. The van der Waals surface area contributed by atoms with E-state index in [-0.39, 0.29) is 30.1 Å². The Kier molecular flexibility index (Phi) is 6.95. The van der Waals surface area contributed by atoms with Crippen LogP contribution in [0.3, 0.4) is 0 Å². The summed E-state index contributed by atoms with van der Waals surface area (Å²) in [6.07, 6.45) is 0.940. The molecule has 0 bridgehead atoms. The Bertz CT molecular complexity index is 1160. The molecule has 1 aromatic heterocycles. The van der Waals surface area contributed by atoms with Crippen molar-refractivity contribution < 1.29 is 17.5 Å². The second-order valence-corrected chi connectivity index (χ2v) is 8.21. The molecule has 0 aliphatic rings. The molecule has 0 amide bonds. The second-order valence-electron chi connectivity index (χ2n) is 5.57. The molecule has 29 heavy (non-hydrogen) atoms. The van der Waals surface area contributed by atoms with Gasteiger partial charge < -0.3 is 5.32 Å². The predicted octanol–water partition coefficient (Wildman–Crippen LogP) is 3.51. The average Bonchev–Trinajstić information content (AvgIpc) is 2.97. The standard InChI is InChI=1S/C16H14N6O5S2/c1-10-13(9-18)16(19-5-6-27-29(2,25)26)28-15(10)21-20-14-4-3-12(22(23)24)7-11(14)8-17/h3-4,7,19H,5-6H2,1-2H3. The van der Waals surface area contributed by atoms with Crippen molar-refractivity contribution in [2.75, 3.05) is 24.7 Å². The van der Waals surface area contributed by atoms with Gasteiger partial charge in [-0.2, -0.15) is 18.9 Å². The maximum absolute atomic E-state index is 11.0. The molecule has 0 atom stereocenters. The van der Waals surface area contributed by atoms with E-state index < -0.39 is 15.0 Å². The zero-order chi connectivity index (χ0) is 21.6. The molecule has 0 aliphatic carbocycles. The molecule has 1 N–H and O–H groups in total. The molecule has 2 rings (SSSR count). The van der Waals surface area contributed by atoms with Crippen LogP contribution in [0.5, 0.6) is 0 Å². The van der Waals surface area contributed by atoms with Gasteiger partial charge in [0.25, 0.3) is 15.8 Å². The van der Waals surface area contributed by atoms with Gasteiger partial charge in [-0.3, -0.25) is 14.3 Å². The number of nitro benzene ring substituents is 1. The third-order valence-electron chi connectivity index (χ3n) is 3.48. The number of benzene rings is 1. The molecule has 0 saturated carbocycles. The van der Waals surface area contributed by atoms with Crippen LogP contribution in [-0.2, 0) is 14.3 Å². The summed E-state index contributed by atoms with van der Waals surface area (Å²) in [6, 6.07) is 7.51. The third-order valence-corrected chi connectivity index (χ3v) is 5.21. The summed E-state index contributed by atoms with van der Waals surface area (Å²) in [5, 5.41) is 41.1. The van der Waals surface area contributed by atoms with Gasteiger partial charge in [0.15, 0.2) is 0 Å². The normalized spacial score (nSPS) is 11.2. The lowest BCUT2D eigenvalue weighted by Crippen LogP contribution is -2.12. The van der Waals surface area contributed by atoms with Gasteiger partial charge in [-0.25, -0.2) is 0 Å². The summed E-state index contributed by atoms with van der Waals surface area (Å²) >= 11 is 1.12. The minimum Gasteiger partial charge on any atom is -0.373 e. The highest BCUT2D eigenvalue weighted by atomic mass is 32.2. The van der Waals surface area contributed by atoms with Crippen LogP contribution in [0.15, 0.2) is 28.4 Å². The van der Waals surface area contributed by atoms with E-state index in [2.05, 4.69) is 19.7 Å². The highest BCUT2D eigenvalue weighted by Crippen LogP contribution is 2.39. The molecular weight excluding hydrogens is 420 g/mol. The lowest BCUT2D eigenvalue weighted by molar-refractivity contribution is -0.384. The number of thiophene rings is 1. The summed E-state index contributed by atoms with van der Waals surface area (Å²) in [5.41, 5.74) is 0.789. The van der Waals surface area contributed by atoms with Crippen LogP contribution in [0.2, 0.25) is 0 Å². The van der Waals surface area contributed by atoms with Crippen molar-refractivity contribution in [3.05, 3.63) is 45.0 Å². The molecule has 13 heteroatoms. The quantitative estimate of drug-likeness (QED) is 0.216. The van der Waals surface area contributed by atoms with Crippen LogP contribution < -0.4 is 5.32 Å². The Labute approximate surface area is 170 Å². The Morgan fingerprint density at radius 2 is 2.03 bits per heavy atom. The average molecular weight is 434 g/mol. The highest BCUT2D eigenvalue weighted by Gasteiger charge is 2.16. The minimum absolute atomic E-state index is 0.00561. The Morgan fingerprint density at radius 3 is 2.62 bits per heavy atom. The minimum atomic E-state index is -3.56. The van der Waals surface area contributed by atoms with E-state index in [1.54, 1.807) is 6.92 Å². The van der Waals surface area contributed by atoms with Gasteiger partial charge in [0.05, 0.1) is 28.9 Å². The monoisotopic (exact) mass is 434 g/mol. The van der Waals surface area contributed by atoms with Gasteiger partial charge in [0.2, 0.25) is 0 Å². The molecule has 1 heterocycles. The first-order chi connectivity index (χ1) is 13.7. The van der Waals surface area contributed by atoms with E-state index in [1.165, 1.54) is 12.1 Å². The molecule has 0 saturated heterocycles. The summed E-state index contributed by atoms with van der Waals surface area (Å²) in [7, 11) is -3.56. The summed E-state index contributed by atoms with van der Waals surface area (Å²) in [4.78, 5) is 10.2. The number of nitriles is 2. The molecular formula is C16H14N6O5S2. The number of nitrogens with zero attached hydrogens (tertiary/aromatic N) is 5. The van der Waals surface area contributed by atoms with Gasteiger partial charge in [-0.1, -0.05) is 11.3 Å². The molecule has 0 unspecified atom stereocenters. The summed E-state index contributed by atoms with van der Waals surface area (Å²) in [5.74, 6) is 0. The van der Waals surface area contributed by atoms with Gasteiger partial charge in [0.1, 0.15) is 27.8 Å². The third kappa shape index (κ3) is 5.79. The fourth-order valence-corrected chi connectivity index (χ4v) is 3.52. The number of non-ortho nitro benzene ring substituents is 1. The molecule has 11 nitrogen and oxygen atoms in total. The summed E-state index contributed by atoms with van der Waals surface area (Å²) in [6.45, 7) is 1.72. The number of hydrogen-bond donors (Lipinski definition) is 1. The van der Waals surface area contributed by atoms with Crippen molar-refractivity contribution in [1.29, 1.82) is 10.5 Å². The van der Waals surface area contributed by atoms with E-state index in [1.807, 2.05) is 12.1 Å². The first-order valence-electron chi connectivity index (χ1n) is 7.88. The topological polar surface area (TPSA) is 171 Å². The van der Waals surface area contributed by atoms with E-state index in [0.29, 0.717) is 21.1 Å². The lowest BCUT2D eigenvalue weighted by atomic mass is 10.2. The van der Waals surface area contributed by atoms with E-state index >= 15 is 0 Å². The first-order valence-corrected chi connectivity index (χ1v) is 10.5. The maximum Gasteiger partial charge on any atom is 0.270 e. The number of nitro groups is 1. The van der Waals surface area contributed by atoms with Crippen LogP contribution in [0, 0.1) is 39.7 Å². The SMILES string of the molecule is Cc1c(N=Nc2ccc([N+](=O)[O-])cc2C#N)sc(NCCOS(C)(=O)=O)c1C#N. The van der Waals surface area contributed by atoms with E-state index in [4.69, 9.17) is 5.26 Å². The Balaban J connectivity index is 2.23. The van der Waals surface area contributed by atoms with Crippen molar-refractivity contribution >= 4 is 42.8 Å². The van der Waals surface area contributed by atoms with Crippen LogP contribution in [-0.4, -0.2) is 32.7 Å². The molecule has 0 aliphatic heterocycles. The number of anilines is 1. The Hall–Kier alpha value is -3.39. The number of azo groups is 1. The number of nitrogens with one attached hydrogen (secondary N) is 1. The van der Waals surface area contributed by atoms with Gasteiger partial charge in [-0.05, 0) is 13.0 Å². The Morgan fingerprint density at radius 1 is 1.31 bits per heavy atom. The van der Waals surface area contributed by atoms with Crippen molar-refractivity contribution in [2.24, 2.45) is 10.2 Å². The number of hydrogen-bond acceptors (Lipinski definition) is 11. The van der Waals surface area contributed by atoms with Crippen LogP contribution in [0.1, 0.15) is 16.7 Å². The van der Waals surface area contributed by atoms with Crippen molar-refractivity contribution in [2.45, 2.75) is 6.92 Å². The second kappa shape index (κ2) is 9.20. The van der Waals surface area contributed by atoms with Crippen LogP contribution in [0.25, 0.3) is 0 Å². The molecule has 150 valence electrons. The summed E-state index contributed by atoms with van der Waals surface area (Å²) < 4.78 is 26.6. The first kappa shape index (κ1) is 21.9. The van der Waals surface area contributed by atoms with Gasteiger partial charge in [0, 0.05) is 24.2 Å². The molecule has 0 spiro atoms. The fourth-order valence-electron chi connectivity index (χ4n) is 2.13. The van der Waals surface area contributed by atoms with Crippen LogP contribution >= 0.6 is 11.3 Å². The van der Waals surface area contributed by atoms with Crippen LogP contribution in [0.4, 0.5) is 21.4 Å². The lowest BCUT2D eigenvalue weighted by Gasteiger charge is -2.04. The van der Waals surface area contributed by atoms with Crippen molar-refractivity contribution in [3.8, 4) is 12.1 Å². The zero-order valence-electron chi connectivity index (χ0n) is 15.2. The number of rotatable bonds is 8. The molecule has 0 radical (unpaired) electrons.